The van der Waals surface area contributed by atoms with E-state index < -0.39 is 0 Å². The molecule has 3 aromatic rings. The predicted molar refractivity (Wildman–Crippen MR) is 169 cm³/mol. The number of hydrogen-bond acceptors (Lipinski definition) is 3. The molecule has 3 aromatic heterocycles. The molecule has 0 fully saturated rings. The number of halogens is 2. The summed E-state index contributed by atoms with van der Waals surface area (Å²) < 4.78 is 3.03. The molecule has 0 nitrogen and oxygen atoms in total. The molecule has 0 radical (unpaired) electrons. The van der Waals surface area contributed by atoms with Gasteiger partial charge in [-0.25, -0.2) is 0 Å². The highest BCUT2D eigenvalue weighted by Crippen LogP contribution is 2.49. The van der Waals surface area contributed by atoms with Crippen LogP contribution in [0.25, 0.3) is 19.5 Å². The van der Waals surface area contributed by atoms with E-state index in [2.05, 4.69) is 82.5 Å². The molecule has 1 aliphatic rings. The van der Waals surface area contributed by atoms with E-state index in [0.717, 1.165) is 0 Å². The Hall–Kier alpha value is 0.560. The van der Waals surface area contributed by atoms with Gasteiger partial charge in [-0.15, -0.1) is 34.0 Å². The SMILES string of the molecule is CCCCCCc1cc(-c2sc(-c3cc(CCCCCC)c(I)s3)c3c2CCCC3)sc1I. The molecule has 0 aliphatic heterocycles. The van der Waals surface area contributed by atoms with Gasteiger partial charge in [-0.3, -0.25) is 0 Å². The first-order valence-electron chi connectivity index (χ1n) is 12.8. The average molecular weight is 723 g/mol. The molecule has 0 unspecified atom stereocenters. The third kappa shape index (κ3) is 6.66. The van der Waals surface area contributed by atoms with Crippen LogP contribution in [-0.2, 0) is 25.7 Å². The molecule has 4 rings (SSSR count). The lowest BCUT2D eigenvalue weighted by Gasteiger charge is -2.13. The topological polar surface area (TPSA) is 0 Å². The Balaban J connectivity index is 1.60. The van der Waals surface area contributed by atoms with Gasteiger partial charge in [-0.2, -0.15) is 0 Å². The van der Waals surface area contributed by atoms with Crippen molar-refractivity contribution < 1.29 is 0 Å². The van der Waals surface area contributed by atoms with E-state index in [-0.39, 0.29) is 0 Å². The molecule has 0 saturated carbocycles. The highest BCUT2D eigenvalue weighted by atomic mass is 127. The molecule has 0 saturated heterocycles. The zero-order valence-corrected chi connectivity index (χ0v) is 26.8. The first kappa shape index (κ1) is 26.6. The molecule has 1 aliphatic carbocycles. The molecule has 0 spiro atoms. The minimum atomic E-state index is 1.25. The van der Waals surface area contributed by atoms with Crippen LogP contribution in [0.3, 0.4) is 0 Å². The van der Waals surface area contributed by atoms with Gasteiger partial charge in [0.15, 0.2) is 0 Å². The molecular formula is C28H36I2S3. The minimum Gasteiger partial charge on any atom is -0.133 e. The Morgan fingerprint density at radius 3 is 1.52 bits per heavy atom. The van der Waals surface area contributed by atoms with Crippen molar-refractivity contribution in [3.05, 3.63) is 40.2 Å². The summed E-state index contributed by atoms with van der Waals surface area (Å²) in [6.07, 6.45) is 18.5. The van der Waals surface area contributed by atoms with Crippen molar-refractivity contribution in [2.75, 3.05) is 0 Å². The summed E-state index contributed by atoms with van der Waals surface area (Å²) in [5, 5.41) is 0. The zero-order valence-electron chi connectivity index (χ0n) is 20.0. The van der Waals surface area contributed by atoms with E-state index in [1.54, 1.807) is 32.0 Å². The molecule has 0 N–H and O–H groups in total. The van der Waals surface area contributed by atoms with Crippen LogP contribution >= 0.6 is 79.2 Å². The summed E-state index contributed by atoms with van der Waals surface area (Å²) in [4.78, 5) is 6.25. The maximum Gasteiger partial charge on any atom is 0.0692 e. The Morgan fingerprint density at radius 1 is 0.636 bits per heavy atom. The molecule has 5 heteroatoms. The lowest BCUT2D eigenvalue weighted by atomic mass is 9.91. The zero-order chi connectivity index (χ0) is 23.2. The van der Waals surface area contributed by atoms with E-state index in [9.17, 15) is 0 Å². The van der Waals surface area contributed by atoms with E-state index in [4.69, 9.17) is 0 Å². The van der Waals surface area contributed by atoms with Gasteiger partial charge < -0.3 is 0 Å². The highest BCUT2D eigenvalue weighted by Gasteiger charge is 2.25. The largest absolute Gasteiger partial charge is 0.133 e. The van der Waals surface area contributed by atoms with E-state index >= 15 is 0 Å². The highest BCUT2D eigenvalue weighted by molar-refractivity contribution is 14.1. The first-order chi connectivity index (χ1) is 16.1. The van der Waals surface area contributed by atoms with Gasteiger partial charge in [-0.05, 0) is 131 Å². The van der Waals surface area contributed by atoms with E-state index in [1.807, 2.05) is 22.7 Å². The third-order valence-corrected chi connectivity index (χ3v) is 13.1. The monoisotopic (exact) mass is 722 g/mol. The molecule has 33 heavy (non-hydrogen) atoms. The molecule has 0 atom stereocenters. The van der Waals surface area contributed by atoms with Gasteiger partial charge in [0.1, 0.15) is 0 Å². The molecule has 0 amide bonds. The fourth-order valence-electron chi connectivity index (χ4n) is 4.89. The van der Waals surface area contributed by atoms with Gasteiger partial charge in [-0.1, -0.05) is 52.4 Å². The molecule has 0 bridgehead atoms. The van der Waals surface area contributed by atoms with Crippen molar-refractivity contribution in [2.45, 2.75) is 104 Å². The Bertz CT molecular complexity index is 959. The maximum absolute atomic E-state index is 2.59. The molecule has 3 heterocycles. The van der Waals surface area contributed by atoms with Crippen LogP contribution in [0.4, 0.5) is 0 Å². The number of hydrogen-bond donors (Lipinski definition) is 0. The smallest absolute Gasteiger partial charge is 0.0692 e. The second kappa shape index (κ2) is 13.2. The molecule has 0 aromatic carbocycles. The summed E-state index contributed by atoms with van der Waals surface area (Å²) in [5.74, 6) is 0. The van der Waals surface area contributed by atoms with Crippen LogP contribution in [0, 0.1) is 5.77 Å². The lowest BCUT2D eigenvalue weighted by Crippen LogP contribution is -2.00. The average Bonchev–Trinajstić information content (AvgIpc) is 3.49. The van der Waals surface area contributed by atoms with E-state index in [0.29, 0.717) is 0 Å². The lowest BCUT2D eigenvalue weighted by molar-refractivity contribution is 0.667. The van der Waals surface area contributed by atoms with Crippen molar-refractivity contribution in [1.29, 1.82) is 0 Å². The van der Waals surface area contributed by atoms with Crippen LogP contribution in [-0.4, -0.2) is 0 Å². The van der Waals surface area contributed by atoms with Crippen LogP contribution < -0.4 is 0 Å². The van der Waals surface area contributed by atoms with Crippen molar-refractivity contribution in [2.24, 2.45) is 0 Å². The number of unbranched alkanes of at least 4 members (excludes halogenated alkanes) is 6. The number of rotatable bonds is 12. The fourth-order valence-corrected chi connectivity index (χ4v) is 10.7. The molecule has 180 valence electrons. The first-order valence-corrected chi connectivity index (χ1v) is 17.4. The number of aryl methyl sites for hydroxylation is 2. The van der Waals surface area contributed by atoms with Gasteiger partial charge in [0.2, 0.25) is 0 Å². The van der Waals surface area contributed by atoms with Gasteiger partial charge in [0.05, 0.1) is 5.77 Å². The third-order valence-electron chi connectivity index (χ3n) is 6.78. The second-order valence-corrected chi connectivity index (χ2v) is 16.1. The number of fused-ring (bicyclic) bond motifs is 1. The Kier molecular flexibility index (Phi) is 10.7. The van der Waals surface area contributed by atoms with Crippen LogP contribution in [0.2, 0.25) is 0 Å². The summed E-state index contributed by atoms with van der Waals surface area (Å²) in [6.45, 7) is 4.60. The summed E-state index contributed by atoms with van der Waals surface area (Å²) in [5.41, 5.74) is 6.55. The quantitative estimate of drug-likeness (QED) is 0.129. The second-order valence-electron chi connectivity index (χ2n) is 9.37. The van der Waals surface area contributed by atoms with Crippen molar-refractivity contribution in [1.82, 2.24) is 0 Å². The standard InChI is InChI=1S/C28H36I2S3/c1-3-5-7-9-13-19-17-23(31-27(19)29)25-21-15-11-12-16-22(21)26(33-25)24-18-20(28(30)32-24)14-10-8-6-4-2/h17-18H,3-16H2,1-2H3. The minimum absolute atomic E-state index is 1.25. The predicted octanol–water partition coefficient (Wildman–Crippen LogP) is 11.5. The normalized spacial score (nSPS) is 13.6. The summed E-state index contributed by atoms with van der Waals surface area (Å²) in [6, 6.07) is 5.08. The van der Waals surface area contributed by atoms with Gasteiger partial charge in [0.25, 0.3) is 0 Å². The summed E-state index contributed by atoms with van der Waals surface area (Å²) in [7, 11) is 0. The van der Waals surface area contributed by atoms with Gasteiger partial charge >= 0.3 is 0 Å². The summed E-state index contributed by atoms with van der Waals surface area (Å²) >= 11 is 11.4. The fraction of sp³-hybridized carbons (Fsp3) is 0.571. The van der Waals surface area contributed by atoms with Crippen LogP contribution in [0.5, 0.6) is 0 Å². The molecular weight excluding hydrogens is 686 g/mol. The van der Waals surface area contributed by atoms with Crippen LogP contribution in [0.1, 0.15) is 100 Å². The van der Waals surface area contributed by atoms with Crippen molar-refractivity contribution in [3.63, 3.8) is 0 Å². The number of thiophene rings is 3. The van der Waals surface area contributed by atoms with Gasteiger partial charge in [0, 0.05) is 19.5 Å². The van der Waals surface area contributed by atoms with E-state index in [1.165, 1.54) is 105 Å². The van der Waals surface area contributed by atoms with Crippen molar-refractivity contribution >= 4 is 79.2 Å². The van der Waals surface area contributed by atoms with Crippen LogP contribution in [0.15, 0.2) is 12.1 Å². The maximum atomic E-state index is 2.59. The Morgan fingerprint density at radius 2 is 1.09 bits per heavy atom. The van der Waals surface area contributed by atoms with Crippen molar-refractivity contribution in [3.8, 4) is 19.5 Å². The Labute approximate surface area is 240 Å².